The Morgan fingerprint density at radius 1 is 1.12 bits per heavy atom. The van der Waals surface area contributed by atoms with Gasteiger partial charge in [-0.2, -0.15) is 0 Å². The summed E-state index contributed by atoms with van der Waals surface area (Å²) in [6, 6.07) is 9.82. The molecule has 2 aromatic rings. The lowest BCUT2D eigenvalue weighted by Gasteiger charge is -2.01. The van der Waals surface area contributed by atoms with Gasteiger partial charge < -0.3 is 5.73 Å². The van der Waals surface area contributed by atoms with Crippen LogP contribution in [0.3, 0.4) is 0 Å². The first kappa shape index (κ1) is 10.2. The summed E-state index contributed by atoms with van der Waals surface area (Å²) in [6.07, 6.45) is 0. The second kappa shape index (κ2) is 4.03. The van der Waals surface area contributed by atoms with E-state index in [0.717, 1.165) is 0 Å². The van der Waals surface area contributed by atoms with Crippen molar-refractivity contribution in [2.24, 2.45) is 5.73 Å². The van der Waals surface area contributed by atoms with Crippen LogP contribution in [-0.2, 0) is 4.79 Å². The van der Waals surface area contributed by atoms with Crippen molar-refractivity contribution in [1.82, 2.24) is 0 Å². The van der Waals surface area contributed by atoms with Gasteiger partial charge in [0.05, 0.1) is 0 Å². The van der Waals surface area contributed by atoms with Gasteiger partial charge >= 0.3 is 0 Å². The Bertz CT molecular complexity index is 623. The van der Waals surface area contributed by atoms with Gasteiger partial charge in [0.25, 0.3) is 5.91 Å². The Hall–Kier alpha value is -2.34. The monoisotopic (exact) mass is 213 g/mol. The van der Waals surface area contributed by atoms with Crippen LogP contribution in [0, 0.1) is 17.7 Å². The minimum absolute atomic E-state index is 0.305. The van der Waals surface area contributed by atoms with Crippen LogP contribution in [0.4, 0.5) is 4.39 Å². The fourth-order valence-electron chi connectivity index (χ4n) is 1.50. The van der Waals surface area contributed by atoms with E-state index >= 15 is 0 Å². The van der Waals surface area contributed by atoms with Crippen molar-refractivity contribution in [3.05, 3.63) is 47.8 Å². The number of halogens is 1. The number of carbonyl (C=O) groups is 1. The van der Waals surface area contributed by atoms with Crippen LogP contribution < -0.4 is 5.73 Å². The number of nitrogens with two attached hydrogens (primary N) is 1. The summed E-state index contributed by atoms with van der Waals surface area (Å²) >= 11 is 0. The van der Waals surface area contributed by atoms with Crippen LogP contribution in [-0.4, -0.2) is 5.91 Å². The summed E-state index contributed by atoms with van der Waals surface area (Å²) in [6.45, 7) is 0. The third kappa shape index (κ3) is 1.86. The second-order valence-electron chi connectivity index (χ2n) is 3.25. The molecule has 1 amide bonds. The molecule has 0 bridgehead atoms. The topological polar surface area (TPSA) is 43.1 Å². The van der Waals surface area contributed by atoms with Gasteiger partial charge in [-0.3, -0.25) is 4.79 Å². The fraction of sp³-hybridized carbons (Fsp3) is 0. The molecule has 0 aliphatic rings. The molecule has 0 atom stereocenters. The molecular weight excluding hydrogens is 205 g/mol. The Morgan fingerprint density at radius 2 is 1.81 bits per heavy atom. The van der Waals surface area contributed by atoms with Crippen molar-refractivity contribution in [2.75, 3.05) is 0 Å². The molecule has 16 heavy (non-hydrogen) atoms. The average molecular weight is 213 g/mol. The van der Waals surface area contributed by atoms with E-state index < -0.39 is 5.91 Å². The van der Waals surface area contributed by atoms with Gasteiger partial charge in [-0.05, 0) is 12.1 Å². The zero-order valence-corrected chi connectivity index (χ0v) is 8.33. The molecule has 0 saturated carbocycles. The third-order valence-electron chi connectivity index (χ3n) is 2.19. The SMILES string of the molecule is NC(=O)C#Cc1ccc(F)c2ccccc12. The quantitative estimate of drug-likeness (QED) is 0.666. The Kier molecular flexibility index (Phi) is 2.57. The molecule has 78 valence electrons. The highest BCUT2D eigenvalue weighted by atomic mass is 19.1. The summed E-state index contributed by atoms with van der Waals surface area (Å²) in [5, 5.41) is 1.16. The number of hydrogen-bond acceptors (Lipinski definition) is 1. The van der Waals surface area contributed by atoms with Gasteiger partial charge in [0, 0.05) is 22.3 Å². The van der Waals surface area contributed by atoms with E-state index in [9.17, 15) is 9.18 Å². The Morgan fingerprint density at radius 3 is 2.50 bits per heavy atom. The van der Waals surface area contributed by atoms with Crippen LogP contribution in [0.15, 0.2) is 36.4 Å². The maximum atomic E-state index is 13.4. The summed E-state index contributed by atoms with van der Waals surface area (Å²) in [5.74, 6) is 3.86. The zero-order valence-electron chi connectivity index (χ0n) is 8.33. The highest BCUT2D eigenvalue weighted by Gasteiger charge is 2.02. The maximum absolute atomic E-state index is 13.4. The number of benzene rings is 2. The van der Waals surface area contributed by atoms with E-state index in [-0.39, 0.29) is 5.82 Å². The first-order valence-corrected chi connectivity index (χ1v) is 4.67. The summed E-state index contributed by atoms with van der Waals surface area (Å²) in [4.78, 5) is 10.6. The molecule has 2 rings (SSSR count). The van der Waals surface area contributed by atoms with Gasteiger partial charge in [-0.15, -0.1) is 0 Å². The smallest absolute Gasteiger partial charge is 0.293 e. The van der Waals surface area contributed by atoms with E-state index in [4.69, 9.17) is 5.73 Å². The zero-order chi connectivity index (χ0) is 11.5. The van der Waals surface area contributed by atoms with Gasteiger partial charge in [0.15, 0.2) is 0 Å². The largest absolute Gasteiger partial charge is 0.359 e. The molecule has 0 heterocycles. The van der Waals surface area contributed by atoms with Crippen molar-refractivity contribution < 1.29 is 9.18 Å². The van der Waals surface area contributed by atoms with Crippen molar-refractivity contribution >= 4 is 16.7 Å². The lowest BCUT2D eigenvalue weighted by atomic mass is 10.0. The van der Waals surface area contributed by atoms with Crippen LogP contribution in [0.2, 0.25) is 0 Å². The van der Waals surface area contributed by atoms with Crippen molar-refractivity contribution in [1.29, 1.82) is 0 Å². The van der Waals surface area contributed by atoms with Gasteiger partial charge in [-0.25, -0.2) is 4.39 Å². The number of rotatable bonds is 0. The first-order chi connectivity index (χ1) is 7.68. The molecule has 0 aliphatic carbocycles. The molecule has 0 aromatic heterocycles. The highest BCUT2D eigenvalue weighted by molar-refractivity contribution is 5.95. The number of amides is 1. The summed E-state index contributed by atoms with van der Waals surface area (Å²) < 4.78 is 13.4. The predicted octanol–water partition coefficient (Wildman–Crippen LogP) is 1.82. The molecule has 2 N–H and O–H groups in total. The molecule has 3 heteroatoms. The van der Waals surface area contributed by atoms with Gasteiger partial charge in [0.2, 0.25) is 0 Å². The summed E-state index contributed by atoms with van der Waals surface area (Å²) in [7, 11) is 0. The number of hydrogen-bond donors (Lipinski definition) is 1. The van der Waals surface area contributed by atoms with E-state index in [2.05, 4.69) is 11.8 Å². The summed E-state index contributed by atoms with van der Waals surface area (Å²) in [5.41, 5.74) is 5.52. The number of carbonyl (C=O) groups excluding carboxylic acids is 1. The van der Waals surface area contributed by atoms with E-state index in [0.29, 0.717) is 16.3 Å². The molecule has 0 unspecified atom stereocenters. The normalized spacial score (nSPS) is 9.56. The average Bonchev–Trinajstić information content (AvgIpc) is 2.28. The number of fused-ring (bicyclic) bond motifs is 1. The van der Waals surface area contributed by atoms with Crippen molar-refractivity contribution in [3.63, 3.8) is 0 Å². The van der Waals surface area contributed by atoms with Crippen LogP contribution in [0.25, 0.3) is 10.8 Å². The maximum Gasteiger partial charge on any atom is 0.293 e. The number of primary amides is 1. The molecule has 0 aliphatic heterocycles. The first-order valence-electron chi connectivity index (χ1n) is 4.67. The van der Waals surface area contributed by atoms with Gasteiger partial charge in [-0.1, -0.05) is 30.2 Å². The molecule has 2 aromatic carbocycles. The van der Waals surface area contributed by atoms with Crippen LogP contribution in [0.1, 0.15) is 5.56 Å². The van der Waals surface area contributed by atoms with E-state index in [1.165, 1.54) is 12.1 Å². The molecule has 2 nitrogen and oxygen atoms in total. The highest BCUT2D eigenvalue weighted by Crippen LogP contribution is 2.20. The second-order valence-corrected chi connectivity index (χ2v) is 3.25. The molecule has 0 fully saturated rings. The minimum atomic E-state index is -0.701. The standard InChI is InChI=1S/C13H8FNO/c14-12-7-5-9(6-8-13(15)16)10-3-1-2-4-11(10)12/h1-5,7H,(H2,15,16). The Balaban J connectivity index is 2.69. The van der Waals surface area contributed by atoms with E-state index in [1.54, 1.807) is 24.3 Å². The molecule has 0 spiro atoms. The lowest BCUT2D eigenvalue weighted by molar-refractivity contribution is -0.112. The van der Waals surface area contributed by atoms with Crippen LogP contribution in [0.5, 0.6) is 0 Å². The fourth-order valence-corrected chi connectivity index (χ4v) is 1.50. The molecule has 0 saturated heterocycles. The third-order valence-corrected chi connectivity index (χ3v) is 2.19. The Labute approximate surface area is 91.9 Å². The van der Waals surface area contributed by atoms with Crippen molar-refractivity contribution in [3.8, 4) is 11.8 Å². The molecule has 0 radical (unpaired) electrons. The minimum Gasteiger partial charge on any atom is -0.359 e. The van der Waals surface area contributed by atoms with Crippen molar-refractivity contribution in [2.45, 2.75) is 0 Å². The van der Waals surface area contributed by atoms with Gasteiger partial charge in [0.1, 0.15) is 5.82 Å². The predicted molar refractivity (Wildman–Crippen MR) is 60.0 cm³/mol. The van der Waals surface area contributed by atoms with Crippen LogP contribution >= 0.6 is 0 Å². The molecular formula is C13H8FNO. The lowest BCUT2D eigenvalue weighted by Crippen LogP contribution is -2.06. The van der Waals surface area contributed by atoms with E-state index in [1.807, 2.05) is 0 Å².